The first-order valence-electron chi connectivity index (χ1n) is 11.2. The van der Waals surface area contributed by atoms with Crippen molar-refractivity contribution in [2.45, 2.75) is 13.5 Å². The topological polar surface area (TPSA) is 76.7 Å². The van der Waals surface area contributed by atoms with Gasteiger partial charge in [0.1, 0.15) is 6.61 Å². The summed E-state index contributed by atoms with van der Waals surface area (Å²) in [7, 11) is 0. The Kier molecular flexibility index (Phi) is 7.76. The Morgan fingerprint density at radius 1 is 0.686 bits per heavy atom. The lowest BCUT2D eigenvalue weighted by molar-refractivity contribution is -0.118. The highest BCUT2D eigenvalue weighted by Crippen LogP contribution is 2.27. The number of carbonyl (C=O) groups excluding carboxylic acids is 2. The molecular weight excluding hydrogens is 440 g/mol. The Hall–Kier alpha value is -4.58. The van der Waals surface area contributed by atoms with Crippen LogP contribution < -0.4 is 20.1 Å². The zero-order chi connectivity index (χ0) is 24.5. The van der Waals surface area contributed by atoms with E-state index in [1.165, 1.54) is 0 Å². The summed E-state index contributed by atoms with van der Waals surface area (Å²) in [4.78, 5) is 25.3. The molecule has 4 aromatic carbocycles. The van der Waals surface area contributed by atoms with Crippen molar-refractivity contribution in [1.29, 1.82) is 0 Å². The third-order valence-corrected chi connectivity index (χ3v) is 5.33. The van der Waals surface area contributed by atoms with E-state index in [0.717, 1.165) is 5.56 Å². The molecule has 0 saturated carbocycles. The average molecular weight is 467 g/mol. The molecule has 0 aliphatic carbocycles. The molecule has 35 heavy (non-hydrogen) atoms. The molecule has 2 N–H and O–H groups in total. The van der Waals surface area contributed by atoms with Gasteiger partial charge in [0.2, 0.25) is 0 Å². The van der Waals surface area contributed by atoms with Crippen LogP contribution in [0.3, 0.4) is 0 Å². The zero-order valence-electron chi connectivity index (χ0n) is 19.4. The van der Waals surface area contributed by atoms with E-state index in [2.05, 4.69) is 10.6 Å². The van der Waals surface area contributed by atoms with Crippen molar-refractivity contribution in [3.63, 3.8) is 0 Å². The van der Waals surface area contributed by atoms with Gasteiger partial charge in [0.25, 0.3) is 11.8 Å². The van der Waals surface area contributed by atoms with E-state index in [4.69, 9.17) is 9.47 Å². The molecule has 4 aromatic rings. The summed E-state index contributed by atoms with van der Waals surface area (Å²) < 4.78 is 11.6. The molecule has 6 heteroatoms. The van der Waals surface area contributed by atoms with E-state index in [1.54, 1.807) is 37.3 Å². The van der Waals surface area contributed by atoms with Crippen LogP contribution in [0.15, 0.2) is 103 Å². The normalized spacial score (nSPS) is 10.3. The molecule has 0 bridgehead atoms. The van der Waals surface area contributed by atoms with Crippen LogP contribution in [-0.2, 0) is 11.4 Å². The van der Waals surface area contributed by atoms with Crippen molar-refractivity contribution >= 4 is 23.2 Å². The Bertz CT molecular complexity index is 1290. The molecule has 0 atom stereocenters. The summed E-state index contributed by atoms with van der Waals surface area (Å²) in [6, 6.07) is 31.5. The maximum atomic E-state index is 12.7. The Labute approximate surface area is 204 Å². The fraction of sp³-hybridized carbons (Fsp3) is 0.103. The quantitative estimate of drug-likeness (QED) is 0.325. The zero-order valence-corrected chi connectivity index (χ0v) is 19.4. The Morgan fingerprint density at radius 2 is 1.31 bits per heavy atom. The molecule has 6 nitrogen and oxygen atoms in total. The highest BCUT2D eigenvalue weighted by atomic mass is 16.5. The van der Waals surface area contributed by atoms with Gasteiger partial charge in [-0.05, 0) is 54.4 Å². The van der Waals surface area contributed by atoms with Gasteiger partial charge in [-0.15, -0.1) is 0 Å². The van der Waals surface area contributed by atoms with E-state index in [-0.39, 0.29) is 18.4 Å². The highest BCUT2D eigenvalue weighted by Gasteiger charge is 2.14. The third-order valence-electron chi connectivity index (χ3n) is 5.33. The van der Waals surface area contributed by atoms with Gasteiger partial charge >= 0.3 is 0 Å². The predicted molar refractivity (Wildman–Crippen MR) is 137 cm³/mol. The van der Waals surface area contributed by atoms with Crippen LogP contribution >= 0.6 is 0 Å². The molecule has 4 rings (SSSR count). The lowest BCUT2D eigenvalue weighted by Gasteiger charge is -2.14. The number of rotatable bonds is 9. The lowest BCUT2D eigenvalue weighted by atomic mass is 10.1. The standard InChI is InChI=1S/C29H26N2O4/c1-21-24(29(33)30-23-13-6-3-7-14-23)15-10-16-25(21)31-28(32)20-35-27-18-9-8-17-26(27)34-19-22-11-4-2-5-12-22/h2-18H,19-20H2,1H3,(H,30,33)(H,31,32). The van der Waals surface area contributed by atoms with Gasteiger partial charge < -0.3 is 20.1 Å². The summed E-state index contributed by atoms with van der Waals surface area (Å²) in [6.45, 7) is 1.99. The predicted octanol–water partition coefficient (Wildman–Crippen LogP) is 5.84. The van der Waals surface area contributed by atoms with Gasteiger partial charge in [0.15, 0.2) is 18.1 Å². The number of anilines is 2. The molecule has 176 valence electrons. The second kappa shape index (κ2) is 11.5. The number of hydrogen-bond acceptors (Lipinski definition) is 4. The number of ether oxygens (including phenoxy) is 2. The van der Waals surface area contributed by atoms with E-state index in [0.29, 0.717) is 40.6 Å². The van der Waals surface area contributed by atoms with Crippen LogP contribution in [0.5, 0.6) is 11.5 Å². The van der Waals surface area contributed by atoms with Gasteiger partial charge in [-0.3, -0.25) is 9.59 Å². The molecule has 0 aliphatic rings. The summed E-state index contributed by atoms with van der Waals surface area (Å²) in [6.07, 6.45) is 0. The van der Waals surface area contributed by atoms with Crippen molar-refractivity contribution in [3.05, 3.63) is 120 Å². The van der Waals surface area contributed by atoms with Gasteiger partial charge in [-0.25, -0.2) is 0 Å². The molecule has 2 amide bonds. The minimum absolute atomic E-state index is 0.203. The second-order valence-electron chi connectivity index (χ2n) is 7.86. The maximum Gasteiger partial charge on any atom is 0.262 e. The third kappa shape index (κ3) is 6.48. The van der Waals surface area contributed by atoms with E-state index in [9.17, 15) is 9.59 Å². The monoisotopic (exact) mass is 466 g/mol. The van der Waals surface area contributed by atoms with E-state index < -0.39 is 0 Å². The first-order valence-corrected chi connectivity index (χ1v) is 11.2. The van der Waals surface area contributed by atoms with Gasteiger partial charge in [0.05, 0.1) is 0 Å². The minimum Gasteiger partial charge on any atom is -0.485 e. The molecule has 0 spiro atoms. The molecule has 0 aliphatic heterocycles. The molecule has 0 fully saturated rings. The van der Waals surface area contributed by atoms with Crippen molar-refractivity contribution in [2.24, 2.45) is 0 Å². The van der Waals surface area contributed by atoms with Crippen molar-refractivity contribution in [2.75, 3.05) is 17.2 Å². The fourth-order valence-corrected chi connectivity index (χ4v) is 3.49. The number of nitrogens with one attached hydrogen (secondary N) is 2. The van der Waals surface area contributed by atoms with Crippen molar-refractivity contribution in [1.82, 2.24) is 0 Å². The van der Waals surface area contributed by atoms with Gasteiger partial charge in [-0.2, -0.15) is 0 Å². The summed E-state index contributed by atoms with van der Waals surface area (Å²) in [5.74, 6) is 0.448. The van der Waals surface area contributed by atoms with Gasteiger partial charge in [0, 0.05) is 16.9 Å². The second-order valence-corrected chi connectivity index (χ2v) is 7.86. The number of para-hydroxylation sites is 3. The van der Waals surface area contributed by atoms with Crippen LogP contribution in [0.4, 0.5) is 11.4 Å². The number of carbonyl (C=O) groups is 2. The van der Waals surface area contributed by atoms with Crippen LogP contribution in [0.2, 0.25) is 0 Å². The molecule has 0 unspecified atom stereocenters. The van der Waals surface area contributed by atoms with Crippen molar-refractivity contribution in [3.8, 4) is 11.5 Å². The van der Waals surface area contributed by atoms with Crippen LogP contribution in [0, 0.1) is 6.92 Å². The SMILES string of the molecule is Cc1c(NC(=O)COc2ccccc2OCc2ccccc2)cccc1C(=O)Nc1ccccc1. The highest BCUT2D eigenvalue weighted by molar-refractivity contribution is 6.06. The first kappa shape index (κ1) is 23.6. The van der Waals surface area contributed by atoms with Crippen molar-refractivity contribution < 1.29 is 19.1 Å². The van der Waals surface area contributed by atoms with Crippen LogP contribution in [0.1, 0.15) is 21.5 Å². The number of amides is 2. The first-order chi connectivity index (χ1) is 17.1. The maximum absolute atomic E-state index is 12.7. The Morgan fingerprint density at radius 3 is 2.03 bits per heavy atom. The average Bonchev–Trinajstić information content (AvgIpc) is 2.89. The molecule has 0 radical (unpaired) electrons. The lowest BCUT2D eigenvalue weighted by Crippen LogP contribution is -2.22. The van der Waals surface area contributed by atoms with Crippen LogP contribution in [-0.4, -0.2) is 18.4 Å². The summed E-state index contributed by atoms with van der Waals surface area (Å²) in [5, 5.41) is 5.70. The summed E-state index contributed by atoms with van der Waals surface area (Å²) in [5.41, 5.74) is 3.43. The summed E-state index contributed by atoms with van der Waals surface area (Å²) >= 11 is 0. The molecule has 0 saturated heterocycles. The molecular formula is C29H26N2O4. The van der Waals surface area contributed by atoms with Crippen LogP contribution in [0.25, 0.3) is 0 Å². The minimum atomic E-state index is -0.341. The van der Waals surface area contributed by atoms with Gasteiger partial charge in [-0.1, -0.05) is 66.7 Å². The number of hydrogen-bond donors (Lipinski definition) is 2. The smallest absolute Gasteiger partial charge is 0.262 e. The molecule has 0 heterocycles. The molecule has 0 aromatic heterocycles. The number of benzene rings is 4. The van der Waals surface area contributed by atoms with E-state index >= 15 is 0 Å². The van der Waals surface area contributed by atoms with E-state index in [1.807, 2.05) is 72.8 Å². The Balaban J connectivity index is 1.36. The largest absolute Gasteiger partial charge is 0.485 e. The fourth-order valence-electron chi connectivity index (χ4n) is 3.49.